The summed E-state index contributed by atoms with van der Waals surface area (Å²) in [5, 5.41) is 5.10. The van der Waals surface area contributed by atoms with E-state index in [2.05, 4.69) is 86.3 Å². The molecule has 0 atom stereocenters. The Hall–Kier alpha value is -3.42. The summed E-state index contributed by atoms with van der Waals surface area (Å²) >= 11 is 0. The smallest absolute Gasteiger partial charge is 0.216 e. The van der Waals surface area contributed by atoms with Crippen molar-refractivity contribution in [1.29, 1.82) is 0 Å². The molecule has 0 saturated heterocycles. The van der Waals surface area contributed by atoms with E-state index in [0.717, 1.165) is 33.4 Å². The van der Waals surface area contributed by atoms with Gasteiger partial charge in [-0.15, -0.1) is 0 Å². The van der Waals surface area contributed by atoms with Crippen LogP contribution in [-0.2, 0) is 13.5 Å². The number of aromatic nitrogens is 1. The molecule has 3 aromatic carbocycles. The van der Waals surface area contributed by atoms with Gasteiger partial charge in [0.15, 0.2) is 5.69 Å². The van der Waals surface area contributed by atoms with Gasteiger partial charge in [0.1, 0.15) is 18.2 Å². The predicted molar refractivity (Wildman–Crippen MR) is 167 cm³/mol. The van der Waals surface area contributed by atoms with Crippen molar-refractivity contribution in [3.8, 4) is 11.3 Å². The van der Waals surface area contributed by atoms with Gasteiger partial charge in [-0.3, -0.25) is 0 Å². The van der Waals surface area contributed by atoms with Gasteiger partial charge in [0, 0.05) is 28.3 Å². The molecule has 0 N–H and O–H groups in total. The molecule has 1 fully saturated rings. The largest absolute Gasteiger partial charge is 0.456 e. The van der Waals surface area contributed by atoms with Crippen LogP contribution in [0.5, 0.6) is 0 Å². The molecule has 2 heterocycles. The van der Waals surface area contributed by atoms with E-state index in [4.69, 9.17) is 11.0 Å². The van der Waals surface area contributed by atoms with Gasteiger partial charge in [0.2, 0.25) is 11.2 Å². The molecule has 5 aromatic rings. The molecule has 0 unspecified atom stereocenters. The van der Waals surface area contributed by atoms with E-state index in [1.165, 1.54) is 76.1 Å². The quantitative estimate of drug-likeness (QED) is 0.129. The summed E-state index contributed by atoms with van der Waals surface area (Å²) in [6, 6.07) is 16.0. The summed E-state index contributed by atoms with van der Waals surface area (Å²) in [7, 11) is 0.559. The lowest BCUT2D eigenvalue weighted by Gasteiger charge is -2.21. The standard InChI is InChI=1S/C35H39N2OSi/c1-21-17-28-26-15-16-29(36-4)23(3)34(26)38-35(28)33(22(21)2)31-20-32(39(6,7)8)27-14-13-25(19-30(27)37(31)5)18-24-11-9-10-12-24/h13-17,19-20,24H,9-12,18H2,1-3,5-8H3/q+1. The Balaban J connectivity index is 1.68. The SMILES string of the molecule is [C-]#[N+]c1ccc2c(oc3c(-c4cc([Si](C)(C)C)c5ccc(CC6CCCC6)cc5[n+]4C)c(C)c(C)cc32)c1C. The number of hydrogen-bond acceptors (Lipinski definition) is 1. The van der Waals surface area contributed by atoms with E-state index >= 15 is 0 Å². The summed E-state index contributed by atoms with van der Waals surface area (Å²) in [5.41, 5.74) is 11.0. The Morgan fingerprint density at radius 3 is 2.31 bits per heavy atom. The summed E-state index contributed by atoms with van der Waals surface area (Å²) in [5.74, 6) is 0.824. The maximum atomic E-state index is 7.60. The van der Waals surface area contributed by atoms with Crippen molar-refractivity contribution >= 4 is 51.8 Å². The second-order valence-electron chi connectivity index (χ2n) is 12.8. The molecular weight excluding hydrogens is 492 g/mol. The molecule has 0 amide bonds. The third-order valence-electron chi connectivity index (χ3n) is 9.21. The van der Waals surface area contributed by atoms with Crippen LogP contribution in [0.3, 0.4) is 0 Å². The molecule has 198 valence electrons. The molecule has 1 saturated carbocycles. The van der Waals surface area contributed by atoms with Crippen LogP contribution in [0.2, 0.25) is 19.6 Å². The van der Waals surface area contributed by atoms with Crippen molar-refractivity contribution in [2.45, 2.75) is 72.5 Å². The minimum absolute atomic E-state index is 0.656. The van der Waals surface area contributed by atoms with E-state index in [-0.39, 0.29) is 0 Å². The Kier molecular flexibility index (Phi) is 6.19. The van der Waals surface area contributed by atoms with E-state index in [1.54, 1.807) is 0 Å². The van der Waals surface area contributed by atoms with Crippen LogP contribution in [0.4, 0.5) is 5.69 Å². The molecule has 2 aromatic heterocycles. The fourth-order valence-corrected chi connectivity index (χ4v) is 8.40. The third kappa shape index (κ3) is 4.19. The van der Waals surface area contributed by atoms with Gasteiger partial charge in [0.05, 0.1) is 20.2 Å². The number of rotatable bonds is 4. The number of hydrogen-bond donors (Lipinski definition) is 0. The molecule has 0 radical (unpaired) electrons. The van der Waals surface area contributed by atoms with Crippen LogP contribution in [-0.4, -0.2) is 8.07 Å². The minimum Gasteiger partial charge on any atom is -0.456 e. The monoisotopic (exact) mass is 531 g/mol. The Morgan fingerprint density at radius 1 is 0.897 bits per heavy atom. The van der Waals surface area contributed by atoms with Gasteiger partial charge in [-0.1, -0.05) is 63.5 Å². The van der Waals surface area contributed by atoms with Gasteiger partial charge in [-0.05, 0) is 72.7 Å². The van der Waals surface area contributed by atoms with Crippen LogP contribution in [0.1, 0.15) is 47.9 Å². The number of fused-ring (bicyclic) bond motifs is 4. The normalized spacial score (nSPS) is 14.6. The molecule has 0 bridgehead atoms. The van der Waals surface area contributed by atoms with Crippen molar-refractivity contribution < 1.29 is 8.98 Å². The number of pyridine rings is 1. The van der Waals surface area contributed by atoms with E-state index < -0.39 is 8.07 Å². The highest BCUT2D eigenvalue weighted by molar-refractivity contribution is 6.90. The molecular formula is C35H39N2OSi+. The van der Waals surface area contributed by atoms with Crippen molar-refractivity contribution in [1.82, 2.24) is 0 Å². The maximum Gasteiger partial charge on any atom is 0.216 e. The first-order chi connectivity index (χ1) is 18.6. The topological polar surface area (TPSA) is 21.4 Å². The zero-order valence-electron chi connectivity index (χ0n) is 24.5. The number of nitrogens with zero attached hydrogens (tertiary/aromatic N) is 2. The number of furan rings is 1. The number of benzene rings is 3. The fraction of sp³-hybridized carbons (Fsp3) is 0.371. The van der Waals surface area contributed by atoms with Crippen LogP contribution >= 0.6 is 0 Å². The molecule has 0 spiro atoms. The average molecular weight is 532 g/mol. The Morgan fingerprint density at radius 2 is 1.62 bits per heavy atom. The van der Waals surface area contributed by atoms with Crippen molar-refractivity contribution in [3.05, 3.63) is 76.1 Å². The molecule has 1 aliphatic rings. The van der Waals surface area contributed by atoms with Gasteiger partial charge >= 0.3 is 0 Å². The van der Waals surface area contributed by atoms with Crippen LogP contribution in [0.15, 0.2) is 46.9 Å². The molecule has 3 nitrogen and oxygen atoms in total. The summed E-state index contributed by atoms with van der Waals surface area (Å²) < 4.78 is 9.11. The van der Waals surface area contributed by atoms with Gasteiger partial charge in [-0.25, -0.2) is 4.85 Å². The highest BCUT2D eigenvalue weighted by Gasteiger charge is 2.30. The van der Waals surface area contributed by atoms with Gasteiger partial charge in [-0.2, -0.15) is 4.57 Å². The minimum atomic E-state index is -1.67. The van der Waals surface area contributed by atoms with Gasteiger partial charge < -0.3 is 4.42 Å². The van der Waals surface area contributed by atoms with Crippen molar-refractivity contribution in [2.75, 3.05) is 0 Å². The highest BCUT2D eigenvalue weighted by atomic mass is 28.3. The fourth-order valence-electron chi connectivity index (χ4n) is 6.81. The van der Waals surface area contributed by atoms with Crippen LogP contribution in [0, 0.1) is 33.3 Å². The Labute approximate surface area is 233 Å². The van der Waals surface area contributed by atoms with E-state index in [1.807, 2.05) is 13.0 Å². The molecule has 1 aliphatic carbocycles. The number of aryl methyl sites for hydroxylation is 3. The zero-order valence-corrected chi connectivity index (χ0v) is 25.5. The Bertz CT molecular complexity index is 1820. The summed E-state index contributed by atoms with van der Waals surface area (Å²) in [4.78, 5) is 3.73. The van der Waals surface area contributed by atoms with Crippen LogP contribution in [0.25, 0.3) is 48.9 Å². The first-order valence-electron chi connectivity index (χ1n) is 14.4. The lowest BCUT2D eigenvalue weighted by atomic mass is 9.94. The lowest BCUT2D eigenvalue weighted by molar-refractivity contribution is -0.633. The first kappa shape index (κ1) is 25.8. The molecule has 0 aliphatic heterocycles. The highest BCUT2D eigenvalue weighted by Crippen LogP contribution is 2.41. The average Bonchev–Trinajstić information content (AvgIpc) is 3.54. The van der Waals surface area contributed by atoms with Crippen molar-refractivity contribution in [2.24, 2.45) is 13.0 Å². The maximum absolute atomic E-state index is 7.60. The second-order valence-corrected chi connectivity index (χ2v) is 17.9. The zero-order chi connectivity index (χ0) is 27.6. The molecule has 39 heavy (non-hydrogen) atoms. The van der Waals surface area contributed by atoms with Gasteiger partial charge in [0.25, 0.3) is 0 Å². The summed E-state index contributed by atoms with van der Waals surface area (Å²) in [6.45, 7) is 21.4. The van der Waals surface area contributed by atoms with Crippen molar-refractivity contribution in [3.63, 3.8) is 0 Å². The summed E-state index contributed by atoms with van der Waals surface area (Å²) in [6.07, 6.45) is 6.68. The molecule has 4 heteroatoms. The first-order valence-corrected chi connectivity index (χ1v) is 17.9. The molecule has 6 rings (SSSR count). The van der Waals surface area contributed by atoms with E-state index in [0.29, 0.717) is 5.69 Å². The lowest BCUT2D eigenvalue weighted by Crippen LogP contribution is -2.43. The van der Waals surface area contributed by atoms with Crippen LogP contribution < -0.4 is 9.75 Å². The third-order valence-corrected chi connectivity index (χ3v) is 11.2. The predicted octanol–water partition coefficient (Wildman–Crippen LogP) is 8.98. The second kappa shape index (κ2) is 9.35. The van der Waals surface area contributed by atoms with E-state index in [9.17, 15) is 0 Å².